The number of aliphatic hydroxyl groups is 1. The molecule has 1 fully saturated rings. The van der Waals surface area contributed by atoms with Gasteiger partial charge in [0, 0.05) is 19.6 Å². The monoisotopic (exact) mass is 237 g/mol. The lowest BCUT2D eigenvalue weighted by molar-refractivity contribution is 0.0562. The summed E-state index contributed by atoms with van der Waals surface area (Å²) in [5.74, 6) is 0.869. The fraction of sp³-hybridized carbons (Fsp3) is 0.538. The first-order valence-electron chi connectivity index (χ1n) is 5.89. The molecule has 1 saturated heterocycles. The van der Waals surface area contributed by atoms with E-state index in [0.717, 1.165) is 18.8 Å². The third-order valence-electron chi connectivity index (χ3n) is 2.90. The third-order valence-corrected chi connectivity index (χ3v) is 2.90. The second-order valence-electron chi connectivity index (χ2n) is 4.31. The fourth-order valence-electron chi connectivity index (χ4n) is 1.99. The summed E-state index contributed by atoms with van der Waals surface area (Å²) in [5.41, 5.74) is 1.22. The van der Waals surface area contributed by atoms with Crippen LogP contribution in [0.5, 0.6) is 5.75 Å². The van der Waals surface area contributed by atoms with Gasteiger partial charge < -0.3 is 14.6 Å². The summed E-state index contributed by atoms with van der Waals surface area (Å²) >= 11 is 0. The van der Waals surface area contributed by atoms with E-state index in [1.807, 2.05) is 12.1 Å². The van der Waals surface area contributed by atoms with E-state index in [1.54, 1.807) is 7.11 Å². The van der Waals surface area contributed by atoms with E-state index >= 15 is 0 Å². The number of hydrogen-bond acceptors (Lipinski definition) is 4. The van der Waals surface area contributed by atoms with Gasteiger partial charge in [-0.25, -0.2) is 0 Å². The Kier molecular flexibility index (Phi) is 4.36. The minimum absolute atomic E-state index is 0.379. The molecule has 0 amide bonds. The topological polar surface area (TPSA) is 41.9 Å². The maximum Gasteiger partial charge on any atom is 0.118 e. The van der Waals surface area contributed by atoms with E-state index in [-0.39, 0.29) is 6.10 Å². The predicted octanol–water partition coefficient (Wildman–Crippen LogP) is 0.888. The Labute approximate surface area is 102 Å². The highest BCUT2D eigenvalue weighted by Crippen LogP contribution is 2.13. The molecule has 1 N–H and O–H groups in total. The minimum Gasteiger partial charge on any atom is -0.497 e. The van der Waals surface area contributed by atoms with Crippen LogP contribution >= 0.6 is 0 Å². The largest absolute Gasteiger partial charge is 0.497 e. The molecule has 4 nitrogen and oxygen atoms in total. The zero-order valence-corrected chi connectivity index (χ0v) is 10.1. The first-order chi connectivity index (χ1) is 8.28. The highest BCUT2D eigenvalue weighted by molar-refractivity contribution is 5.27. The van der Waals surface area contributed by atoms with Gasteiger partial charge >= 0.3 is 0 Å². The quantitative estimate of drug-likeness (QED) is 0.847. The lowest BCUT2D eigenvalue weighted by Crippen LogP contribution is -2.32. The van der Waals surface area contributed by atoms with Gasteiger partial charge in [-0.05, 0) is 17.7 Å². The zero-order valence-electron chi connectivity index (χ0n) is 10.1. The van der Waals surface area contributed by atoms with E-state index in [0.29, 0.717) is 19.8 Å². The Balaban J connectivity index is 1.94. The van der Waals surface area contributed by atoms with Crippen molar-refractivity contribution in [3.05, 3.63) is 29.8 Å². The molecule has 1 aliphatic rings. The van der Waals surface area contributed by atoms with Crippen molar-refractivity contribution in [1.82, 2.24) is 4.90 Å². The lowest BCUT2D eigenvalue weighted by atomic mass is 10.2. The fourth-order valence-corrected chi connectivity index (χ4v) is 1.99. The molecule has 94 valence electrons. The molecule has 0 bridgehead atoms. The van der Waals surface area contributed by atoms with Gasteiger partial charge in [-0.1, -0.05) is 12.1 Å². The average molecular weight is 237 g/mol. The maximum atomic E-state index is 9.63. The first-order valence-corrected chi connectivity index (χ1v) is 5.89. The molecule has 2 rings (SSSR count). The second kappa shape index (κ2) is 6.00. The number of β-amino-alcohol motifs (C(OH)–C–C–N with tert-alkyl or cyclic N) is 1. The molecule has 0 aliphatic carbocycles. The van der Waals surface area contributed by atoms with E-state index in [2.05, 4.69) is 17.0 Å². The zero-order chi connectivity index (χ0) is 12.1. The van der Waals surface area contributed by atoms with Gasteiger partial charge in [0.05, 0.1) is 26.4 Å². The summed E-state index contributed by atoms with van der Waals surface area (Å²) < 4.78 is 10.4. The Morgan fingerprint density at radius 2 is 2.18 bits per heavy atom. The van der Waals surface area contributed by atoms with Crippen molar-refractivity contribution in [2.75, 3.05) is 33.4 Å². The normalized spacial score (nSPS) is 22.1. The minimum atomic E-state index is -0.379. The number of ether oxygens (including phenoxy) is 2. The van der Waals surface area contributed by atoms with Crippen LogP contribution in [-0.4, -0.2) is 49.5 Å². The lowest BCUT2D eigenvalue weighted by Gasteiger charge is -2.20. The molecular weight excluding hydrogens is 218 g/mol. The molecule has 4 heteroatoms. The molecule has 1 aromatic carbocycles. The van der Waals surface area contributed by atoms with Crippen molar-refractivity contribution in [3.63, 3.8) is 0 Å². The van der Waals surface area contributed by atoms with Gasteiger partial charge in [-0.15, -0.1) is 0 Å². The van der Waals surface area contributed by atoms with Crippen LogP contribution in [-0.2, 0) is 11.3 Å². The summed E-state index contributed by atoms with van der Waals surface area (Å²) in [6.07, 6.45) is -0.379. The van der Waals surface area contributed by atoms with E-state index in [9.17, 15) is 5.11 Å². The molecule has 1 heterocycles. The van der Waals surface area contributed by atoms with Crippen LogP contribution in [0.15, 0.2) is 24.3 Å². The summed E-state index contributed by atoms with van der Waals surface area (Å²) in [4.78, 5) is 2.21. The van der Waals surface area contributed by atoms with Gasteiger partial charge in [-0.3, -0.25) is 4.90 Å². The molecule has 0 saturated carbocycles. The smallest absolute Gasteiger partial charge is 0.118 e. The summed E-state index contributed by atoms with van der Waals surface area (Å²) in [5, 5.41) is 9.63. The van der Waals surface area contributed by atoms with Crippen LogP contribution in [0.25, 0.3) is 0 Å². The van der Waals surface area contributed by atoms with E-state index < -0.39 is 0 Å². The van der Waals surface area contributed by atoms with E-state index in [4.69, 9.17) is 9.47 Å². The molecule has 0 radical (unpaired) electrons. The number of methoxy groups -OCH3 is 1. The van der Waals surface area contributed by atoms with Crippen LogP contribution in [0, 0.1) is 0 Å². The SMILES string of the molecule is COc1ccc(CN2CCOC[C@H](O)C2)cc1. The molecule has 1 atom stereocenters. The van der Waals surface area contributed by atoms with Crippen molar-refractivity contribution >= 4 is 0 Å². The molecule has 0 unspecified atom stereocenters. The molecule has 17 heavy (non-hydrogen) atoms. The van der Waals surface area contributed by atoms with Gasteiger partial charge in [0.15, 0.2) is 0 Å². The third kappa shape index (κ3) is 3.70. The van der Waals surface area contributed by atoms with Crippen LogP contribution < -0.4 is 4.74 Å². The first kappa shape index (κ1) is 12.4. The predicted molar refractivity (Wildman–Crippen MR) is 65.1 cm³/mol. The summed E-state index contributed by atoms with van der Waals surface area (Å²) in [6, 6.07) is 8.02. The summed E-state index contributed by atoms with van der Waals surface area (Å²) in [7, 11) is 1.66. The number of rotatable bonds is 3. The highest BCUT2D eigenvalue weighted by Gasteiger charge is 2.16. The molecule has 1 aliphatic heterocycles. The highest BCUT2D eigenvalue weighted by atomic mass is 16.5. The number of aliphatic hydroxyl groups excluding tert-OH is 1. The van der Waals surface area contributed by atoms with Crippen molar-refractivity contribution in [3.8, 4) is 5.75 Å². The maximum absolute atomic E-state index is 9.63. The van der Waals surface area contributed by atoms with Gasteiger partial charge in [0.2, 0.25) is 0 Å². The molecule has 0 spiro atoms. The number of hydrogen-bond donors (Lipinski definition) is 1. The molecule has 0 aromatic heterocycles. The second-order valence-corrected chi connectivity index (χ2v) is 4.31. The average Bonchev–Trinajstić information content (AvgIpc) is 2.55. The van der Waals surface area contributed by atoms with Crippen LogP contribution in [0.3, 0.4) is 0 Å². The molecular formula is C13H19NO3. The van der Waals surface area contributed by atoms with Crippen LogP contribution in [0.4, 0.5) is 0 Å². The van der Waals surface area contributed by atoms with Crippen molar-refractivity contribution in [1.29, 1.82) is 0 Å². The van der Waals surface area contributed by atoms with Crippen molar-refractivity contribution in [2.45, 2.75) is 12.6 Å². The molecule has 1 aromatic rings. The van der Waals surface area contributed by atoms with Crippen molar-refractivity contribution < 1.29 is 14.6 Å². The summed E-state index contributed by atoms with van der Waals surface area (Å²) in [6.45, 7) is 3.51. The van der Waals surface area contributed by atoms with Crippen LogP contribution in [0.1, 0.15) is 5.56 Å². The Bertz CT molecular complexity index is 339. The van der Waals surface area contributed by atoms with Crippen LogP contribution in [0.2, 0.25) is 0 Å². The Morgan fingerprint density at radius 3 is 2.88 bits per heavy atom. The number of nitrogens with zero attached hydrogens (tertiary/aromatic N) is 1. The van der Waals surface area contributed by atoms with Gasteiger partial charge in [0.25, 0.3) is 0 Å². The van der Waals surface area contributed by atoms with Gasteiger partial charge in [-0.2, -0.15) is 0 Å². The number of benzene rings is 1. The Morgan fingerprint density at radius 1 is 1.41 bits per heavy atom. The Hall–Kier alpha value is -1.10. The van der Waals surface area contributed by atoms with Crippen molar-refractivity contribution in [2.24, 2.45) is 0 Å². The van der Waals surface area contributed by atoms with Gasteiger partial charge in [0.1, 0.15) is 5.75 Å². The standard InChI is InChI=1S/C13H19NO3/c1-16-13-4-2-11(3-5-13)8-14-6-7-17-10-12(15)9-14/h2-5,12,15H,6-10H2,1H3/t12-/m1/s1. The van der Waals surface area contributed by atoms with E-state index in [1.165, 1.54) is 5.56 Å².